The summed E-state index contributed by atoms with van der Waals surface area (Å²) in [6, 6.07) is 5.33. The molecule has 1 aliphatic rings. The number of aliphatic hydroxyl groups excluding tert-OH is 1. The van der Waals surface area contributed by atoms with Crippen LogP contribution in [0.4, 0.5) is 4.79 Å². The van der Waals surface area contributed by atoms with Crippen LogP contribution in [0.2, 0.25) is 5.02 Å². The Morgan fingerprint density at radius 3 is 2.68 bits per heavy atom. The van der Waals surface area contributed by atoms with Gasteiger partial charge in [0.25, 0.3) is 5.24 Å². The molecule has 0 aromatic heterocycles. The molecule has 0 saturated carbocycles. The molecule has 1 aromatic carbocycles. The van der Waals surface area contributed by atoms with E-state index in [0.29, 0.717) is 10.8 Å². The zero-order valence-corrected chi connectivity index (χ0v) is 14.2. The van der Waals surface area contributed by atoms with Crippen molar-refractivity contribution in [3.63, 3.8) is 0 Å². The molecule has 120 valence electrons. The summed E-state index contributed by atoms with van der Waals surface area (Å²) in [5.74, 6) is 0.171. The van der Waals surface area contributed by atoms with Crippen LogP contribution in [0.1, 0.15) is 19.4 Å². The molecule has 1 aliphatic heterocycles. The Kier molecular flexibility index (Phi) is 5.04. The van der Waals surface area contributed by atoms with Crippen molar-refractivity contribution in [3.05, 3.63) is 28.8 Å². The van der Waals surface area contributed by atoms with Crippen molar-refractivity contribution in [1.29, 1.82) is 0 Å². The van der Waals surface area contributed by atoms with Crippen molar-refractivity contribution in [1.82, 2.24) is 4.90 Å². The number of rotatable bonds is 5. The van der Waals surface area contributed by atoms with E-state index in [9.17, 15) is 14.7 Å². The number of hydrogen-bond donors (Lipinski definition) is 1. The maximum Gasteiger partial charge on any atom is 0.289 e. The number of carbonyl (C=O) groups is 2. The number of halogens is 1. The average molecular weight is 344 g/mol. The first kappa shape index (κ1) is 17.1. The first-order valence-electron chi connectivity index (χ1n) is 6.82. The number of aryl methyl sites for hydroxylation is 1. The molecule has 1 heterocycles. The van der Waals surface area contributed by atoms with E-state index >= 15 is 0 Å². The Balaban J connectivity index is 1.94. The second-order valence-corrected chi connectivity index (χ2v) is 7.67. The number of ether oxygens (including phenoxy) is 1. The van der Waals surface area contributed by atoms with Gasteiger partial charge in [-0.2, -0.15) is 0 Å². The summed E-state index contributed by atoms with van der Waals surface area (Å²) in [5.41, 5.74) is 0.983. The van der Waals surface area contributed by atoms with Gasteiger partial charge in [-0.15, -0.1) is 0 Å². The summed E-state index contributed by atoms with van der Waals surface area (Å²) >= 11 is 6.97. The largest absolute Gasteiger partial charge is 0.489 e. The fraction of sp³-hybridized carbons (Fsp3) is 0.467. The topological polar surface area (TPSA) is 66.8 Å². The van der Waals surface area contributed by atoms with Gasteiger partial charge in [0.05, 0.1) is 16.3 Å². The van der Waals surface area contributed by atoms with Gasteiger partial charge in [-0.3, -0.25) is 14.5 Å². The zero-order valence-electron chi connectivity index (χ0n) is 12.6. The SMILES string of the molecule is Cc1ccc(Cl)c(OCC(O)CN2C(=O)SC(C)(C)C2=O)c1. The first-order valence-corrected chi connectivity index (χ1v) is 8.02. The van der Waals surface area contributed by atoms with Gasteiger partial charge >= 0.3 is 0 Å². The van der Waals surface area contributed by atoms with Crippen LogP contribution >= 0.6 is 23.4 Å². The lowest BCUT2D eigenvalue weighted by Gasteiger charge is -2.20. The number of amides is 2. The molecule has 2 rings (SSSR count). The van der Waals surface area contributed by atoms with E-state index in [0.717, 1.165) is 22.2 Å². The molecular weight excluding hydrogens is 326 g/mol. The molecule has 7 heteroatoms. The maximum atomic E-state index is 12.1. The predicted molar refractivity (Wildman–Crippen MR) is 86.5 cm³/mol. The van der Waals surface area contributed by atoms with Gasteiger partial charge in [-0.05, 0) is 50.2 Å². The summed E-state index contributed by atoms with van der Waals surface area (Å²) in [7, 11) is 0. The molecule has 5 nitrogen and oxygen atoms in total. The van der Waals surface area contributed by atoms with Gasteiger partial charge in [0.2, 0.25) is 5.91 Å². The number of benzene rings is 1. The van der Waals surface area contributed by atoms with Crippen molar-refractivity contribution in [2.24, 2.45) is 0 Å². The number of thioether (sulfide) groups is 1. The Morgan fingerprint density at radius 2 is 2.09 bits per heavy atom. The van der Waals surface area contributed by atoms with E-state index in [-0.39, 0.29) is 24.3 Å². The highest BCUT2D eigenvalue weighted by Gasteiger charge is 2.46. The summed E-state index contributed by atoms with van der Waals surface area (Å²) in [4.78, 5) is 24.9. The standard InChI is InChI=1S/C15H18ClNO4S/c1-9-4-5-11(16)12(6-9)21-8-10(18)7-17-13(19)15(2,3)22-14(17)20/h4-6,10,18H,7-8H2,1-3H3. The van der Waals surface area contributed by atoms with Crippen LogP contribution in [0.25, 0.3) is 0 Å². The normalized spacial score (nSPS) is 18.7. The third-order valence-electron chi connectivity index (χ3n) is 3.23. The molecule has 22 heavy (non-hydrogen) atoms. The fourth-order valence-electron chi connectivity index (χ4n) is 2.05. The minimum atomic E-state index is -0.973. The molecule has 1 fully saturated rings. The highest BCUT2D eigenvalue weighted by molar-refractivity contribution is 8.16. The number of β-amino-alcohol motifs (C(OH)–C–C–N with tert-alkyl or cyclic N) is 1. The minimum absolute atomic E-state index is 0.0503. The molecule has 1 unspecified atom stereocenters. The number of imide groups is 1. The number of hydrogen-bond acceptors (Lipinski definition) is 5. The van der Waals surface area contributed by atoms with E-state index in [4.69, 9.17) is 16.3 Å². The second kappa shape index (κ2) is 6.48. The summed E-state index contributed by atoms with van der Waals surface area (Å²) in [6.45, 7) is 5.14. The third-order valence-corrected chi connectivity index (χ3v) is 4.63. The molecule has 2 amide bonds. The lowest BCUT2D eigenvalue weighted by atomic mass is 10.2. The van der Waals surface area contributed by atoms with Crippen molar-refractivity contribution >= 4 is 34.5 Å². The van der Waals surface area contributed by atoms with Gasteiger partial charge in [0.15, 0.2) is 0 Å². The highest BCUT2D eigenvalue weighted by atomic mass is 35.5. The Bertz CT molecular complexity index is 605. The second-order valence-electron chi connectivity index (χ2n) is 5.69. The first-order chi connectivity index (χ1) is 10.2. The molecule has 0 aliphatic carbocycles. The van der Waals surface area contributed by atoms with Crippen LogP contribution in [0.15, 0.2) is 18.2 Å². The van der Waals surface area contributed by atoms with Crippen molar-refractivity contribution < 1.29 is 19.4 Å². The summed E-state index contributed by atoms with van der Waals surface area (Å²) in [6.07, 6.45) is -0.973. The molecule has 1 saturated heterocycles. The van der Waals surface area contributed by atoms with Gasteiger partial charge in [-0.1, -0.05) is 17.7 Å². The van der Waals surface area contributed by atoms with Crippen LogP contribution in [0.3, 0.4) is 0 Å². The fourth-order valence-corrected chi connectivity index (χ4v) is 3.13. The number of nitrogens with zero attached hydrogens (tertiary/aromatic N) is 1. The molecule has 0 bridgehead atoms. The van der Waals surface area contributed by atoms with Crippen LogP contribution in [-0.4, -0.2) is 45.2 Å². The molecule has 1 aromatic rings. The quantitative estimate of drug-likeness (QED) is 0.890. The Morgan fingerprint density at radius 1 is 1.41 bits per heavy atom. The van der Waals surface area contributed by atoms with Gasteiger partial charge in [0.1, 0.15) is 18.5 Å². The van der Waals surface area contributed by atoms with Gasteiger partial charge in [-0.25, -0.2) is 0 Å². The summed E-state index contributed by atoms with van der Waals surface area (Å²) < 4.78 is 4.69. The van der Waals surface area contributed by atoms with Crippen molar-refractivity contribution in [2.75, 3.05) is 13.2 Å². The highest BCUT2D eigenvalue weighted by Crippen LogP contribution is 2.36. The molecule has 0 spiro atoms. The van der Waals surface area contributed by atoms with Crippen molar-refractivity contribution in [2.45, 2.75) is 31.6 Å². The van der Waals surface area contributed by atoms with E-state index < -0.39 is 10.9 Å². The lowest BCUT2D eigenvalue weighted by molar-refractivity contribution is -0.130. The third kappa shape index (κ3) is 3.74. The minimum Gasteiger partial charge on any atom is -0.489 e. The van der Waals surface area contributed by atoms with Crippen LogP contribution in [0, 0.1) is 6.92 Å². The van der Waals surface area contributed by atoms with Gasteiger partial charge < -0.3 is 9.84 Å². The van der Waals surface area contributed by atoms with Crippen molar-refractivity contribution in [3.8, 4) is 5.75 Å². The zero-order chi connectivity index (χ0) is 16.5. The Hall–Kier alpha value is -1.24. The predicted octanol–water partition coefficient (Wildman–Crippen LogP) is 2.86. The van der Waals surface area contributed by atoms with Gasteiger partial charge in [0, 0.05) is 0 Å². The summed E-state index contributed by atoms with van der Waals surface area (Å²) in [5, 5.41) is 10.1. The monoisotopic (exact) mass is 343 g/mol. The molecular formula is C15H18ClNO4S. The van der Waals surface area contributed by atoms with E-state index in [1.165, 1.54) is 0 Å². The lowest BCUT2D eigenvalue weighted by Crippen LogP contribution is -2.41. The number of aliphatic hydroxyl groups is 1. The smallest absolute Gasteiger partial charge is 0.289 e. The van der Waals surface area contributed by atoms with E-state index in [2.05, 4.69) is 0 Å². The molecule has 1 atom stereocenters. The molecule has 0 radical (unpaired) electrons. The van der Waals surface area contributed by atoms with Crippen LogP contribution in [0.5, 0.6) is 5.75 Å². The maximum absolute atomic E-state index is 12.1. The van der Waals surface area contributed by atoms with E-state index in [1.807, 2.05) is 13.0 Å². The molecule has 1 N–H and O–H groups in total. The van der Waals surface area contributed by atoms with Crippen LogP contribution < -0.4 is 4.74 Å². The van der Waals surface area contributed by atoms with E-state index in [1.54, 1.807) is 26.0 Å². The average Bonchev–Trinajstić information content (AvgIpc) is 2.62. The Labute approximate surface area is 138 Å². The van der Waals surface area contributed by atoms with Crippen LogP contribution in [-0.2, 0) is 4.79 Å². The number of carbonyl (C=O) groups excluding carboxylic acids is 2.